The summed E-state index contributed by atoms with van der Waals surface area (Å²) in [5, 5.41) is 11.2. The van der Waals surface area contributed by atoms with Crippen molar-refractivity contribution in [1.82, 2.24) is 4.31 Å². The fourth-order valence-corrected chi connectivity index (χ4v) is 4.47. The van der Waals surface area contributed by atoms with Crippen LogP contribution < -0.4 is 9.64 Å². The van der Waals surface area contributed by atoms with E-state index in [4.69, 9.17) is 4.74 Å². The van der Waals surface area contributed by atoms with Crippen molar-refractivity contribution >= 4 is 27.3 Å². The van der Waals surface area contributed by atoms with Crippen LogP contribution in [0.25, 0.3) is 0 Å². The molecule has 0 aliphatic carbocycles. The average Bonchev–Trinajstić information content (AvgIpc) is 2.67. The molecule has 2 aromatic rings. The third-order valence-electron chi connectivity index (χ3n) is 4.24. The molecule has 1 saturated heterocycles. The van der Waals surface area contributed by atoms with E-state index in [0.29, 0.717) is 11.4 Å². The van der Waals surface area contributed by atoms with Gasteiger partial charge in [-0.3, -0.25) is 14.9 Å². The lowest BCUT2D eigenvalue weighted by molar-refractivity contribution is -0.387. The van der Waals surface area contributed by atoms with Crippen LogP contribution in [-0.4, -0.2) is 50.3 Å². The van der Waals surface area contributed by atoms with Crippen molar-refractivity contribution in [2.24, 2.45) is 0 Å². The molecule has 0 bridgehead atoms. The Labute approximate surface area is 156 Å². The van der Waals surface area contributed by atoms with Crippen LogP contribution in [-0.2, 0) is 14.8 Å². The number of ether oxygens (including phenoxy) is 1. The highest BCUT2D eigenvalue weighted by Crippen LogP contribution is 2.31. The van der Waals surface area contributed by atoms with Crippen molar-refractivity contribution in [1.29, 1.82) is 0 Å². The number of amides is 1. The van der Waals surface area contributed by atoms with Crippen LogP contribution in [0.15, 0.2) is 53.4 Å². The van der Waals surface area contributed by atoms with Gasteiger partial charge in [0, 0.05) is 19.2 Å². The molecule has 0 spiro atoms. The fraction of sp³-hybridized carbons (Fsp3) is 0.235. The molecule has 0 unspecified atom stereocenters. The lowest BCUT2D eigenvalue weighted by atomic mass is 10.2. The second-order valence-corrected chi connectivity index (χ2v) is 7.69. The molecule has 0 saturated carbocycles. The van der Waals surface area contributed by atoms with E-state index in [9.17, 15) is 23.3 Å². The summed E-state index contributed by atoms with van der Waals surface area (Å²) in [5.41, 5.74) is 0.0323. The lowest BCUT2D eigenvalue weighted by Gasteiger charge is -2.34. The van der Waals surface area contributed by atoms with E-state index in [-0.39, 0.29) is 13.1 Å². The van der Waals surface area contributed by atoms with Gasteiger partial charge in [0.2, 0.25) is 15.9 Å². The molecule has 142 valence electrons. The quantitative estimate of drug-likeness (QED) is 0.566. The summed E-state index contributed by atoms with van der Waals surface area (Å²) < 4.78 is 31.9. The Morgan fingerprint density at radius 1 is 1.07 bits per heavy atom. The highest BCUT2D eigenvalue weighted by atomic mass is 32.2. The molecule has 9 nitrogen and oxygen atoms in total. The van der Waals surface area contributed by atoms with Crippen molar-refractivity contribution < 1.29 is 22.9 Å². The number of hydrogen-bond donors (Lipinski definition) is 0. The molecule has 1 fully saturated rings. The predicted molar refractivity (Wildman–Crippen MR) is 97.2 cm³/mol. The molecule has 0 N–H and O–H groups in total. The number of hydrogen-bond acceptors (Lipinski definition) is 6. The van der Waals surface area contributed by atoms with Crippen LogP contribution in [0.1, 0.15) is 0 Å². The van der Waals surface area contributed by atoms with Crippen molar-refractivity contribution in [3.63, 3.8) is 0 Å². The number of nitro benzene ring substituents is 1. The number of piperazine rings is 1. The summed E-state index contributed by atoms with van der Waals surface area (Å²) >= 11 is 0. The van der Waals surface area contributed by atoms with Crippen LogP contribution in [0.3, 0.4) is 0 Å². The monoisotopic (exact) mass is 391 g/mol. The Morgan fingerprint density at radius 3 is 2.41 bits per heavy atom. The second-order valence-electron chi connectivity index (χ2n) is 5.78. The standard InChI is InChI=1S/C17H17N3O6S/c1-26-15-8-4-2-6-13(15)19-11-10-18(12-17(19)21)27(24,25)16-9-5-3-7-14(16)20(22)23/h2-9H,10-12H2,1H3. The van der Waals surface area contributed by atoms with Gasteiger partial charge in [-0.2, -0.15) is 4.31 Å². The molecule has 27 heavy (non-hydrogen) atoms. The molecule has 3 rings (SSSR count). The minimum absolute atomic E-state index is 0.0121. The molecule has 2 aromatic carbocycles. The first-order valence-electron chi connectivity index (χ1n) is 8.03. The van der Waals surface area contributed by atoms with Gasteiger partial charge in [-0.1, -0.05) is 24.3 Å². The van der Waals surface area contributed by atoms with Gasteiger partial charge in [0.15, 0.2) is 4.90 Å². The van der Waals surface area contributed by atoms with E-state index >= 15 is 0 Å². The molecule has 1 amide bonds. The summed E-state index contributed by atoms with van der Waals surface area (Å²) in [6.07, 6.45) is 0. The fourth-order valence-electron chi connectivity index (χ4n) is 2.93. The largest absolute Gasteiger partial charge is 0.495 e. The smallest absolute Gasteiger partial charge is 0.289 e. The number of carbonyl (C=O) groups is 1. The predicted octanol–water partition coefficient (Wildman–Crippen LogP) is 1.64. The van der Waals surface area contributed by atoms with Gasteiger partial charge < -0.3 is 9.64 Å². The Morgan fingerprint density at radius 2 is 1.74 bits per heavy atom. The summed E-state index contributed by atoms with van der Waals surface area (Å²) in [6, 6.07) is 12.0. The number of para-hydroxylation sites is 3. The van der Waals surface area contributed by atoms with Gasteiger partial charge in [0.05, 0.1) is 24.3 Å². The van der Waals surface area contributed by atoms with Crippen LogP contribution >= 0.6 is 0 Å². The number of nitrogens with zero attached hydrogens (tertiary/aromatic N) is 3. The molecule has 1 heterocycles. The van der Waals surface area contributed by atoms with Gasteiger partial charge in [-0.15, -0.1) is 0 Å². The summed E-state index contributed by atoms with van der Waals surface area (Å²) in [6.45, 7) is -0.288. The number of benzene rings is 2. The van der Waals surface area contributed by atoms with Gasteiger partial charge in [-0.25, -0.2) is 8.42 Å². The second kappa shape index (κ2) is 7.33. The van der Waals surface area contributed by atoms with E-state index < -0.39 is 38.0 Å². The van der Waals surface area contributed by atoms with Crippen LogP contribution in [0.4, 0.5) is 11.4 Å². The maximum atomic E-state index is 12.9. The molecule has 0 aromatic heterocycles. The summed E-state index contributed by atoms with van der Waals surface area (Å²) in [4.78, 5) is 24.0. The molecular weight excluding hydrogens is 374 g/mol. The third-order valence-corrected chi connectivity index (χ3v) is 6.13. The van der Waals surface area contributed by atoms with Crippen molar-refractivity contribution in [2.45, 2.75) is 4.90 Å². The topological polar surface area (TPSA) is 110 Å². The maximum absolute atomic E-state index is 12.9. The number of carbonyl (C=O) groups excluding carboxylic acids is 1. The zero-order chi connectivity index (χ0) is 19.6. The van der Waals surface area contributed by atoms with Crippen molar-refractivity contribution in [3.05, 3.63) is 58.6 Å². The van der Waals surface area contributed by atoms with Gasteiger partial charge >= 0.3 is 0 Å². The van der Waals surface area contributed by atoms with Crippen LogP contribution in [0.5, 0.6) is 5.75 Å². The number of nitro groups is 1. The molecule has 1 aliphatic rings. The SMILES string of the molecule is COc1ccccc1N1CCN(S(=O)(=O)c2ccccc2[N+](=O)[O-])CC1=O. The number of rotatable bonds is 5. The molecule has 0 radical (unpaired) electrons. The first-order chi connectivity index (χ1) is 12.9. The Hall–Kier alpha value is -2.98. The molecule has 10 heteroatoms. The summed E-state index contributed by atoms with van der Waals surface area (Å²) in [7, 11) is -2.69. The average molecular weight is 391 g/mol. The lowest BCUT2D eigenvalue weighted by Crippen LogP contribution is -2.52. The minimum Gasteiger partial charge on any atom is -0.495 e. The van der Waals surface area contributed by atoms with Crippen molar-refractivity contribution in [2.75, 3.05) is 31.6 Å². The highest BCUT2D eigenvalue weighted by Gasteiger charge is 2.37. The van der Waals surface area contributed by atoms with E-state index in [2.05, 4.69) is 0 Å². The summed E-state index contributed by atoms with van der Waals surface area (Å²) in [5.74, 6) is 0.0637. The van der Waals surface area contributed by atoms with Crippen LogP contribution in [0.2, 0.25) is 0 Å². The zero-order valence-electron chi connectivity index (χ0n) is 14.4. The molecule has 1 aliphatic heterocycles. The minimum atomic E-state index is -4.18. The maximum Gasteiger partial charge on any atom is 0.289 e. The number of methoxy groups -OCH3 is 1. The van der Waals surface area contributed by atoms with E-state index in [1.165, 1.54) is 30.2 Å². The molecule has 0 atom stereocenters. The van der Waals surface area contributed by atoms with Crippen LogP contribution in [0, 0.1) is 10.1 Å². The van der Waals surface area contributed by atoms with E-state index in [1.54, 1.807) is 24.3 Å². The molecular formula is C17H17N3O6S. The highest BCUT2D eigenvalue weighted by molar-refractivity contribution is 7.89. The third kappa shape index (κ3) is 3.49. The van der Waals surface area contributed by atoms with Gasteiger partial charge in [0.1, 0.15) is 5.75 Å². The van der Waals surface area contributed by atoms with Crippen molar-refractivity contribution in [3.8, 4) is 5.75 Å². The number of anilines is 1. The van der Waals surface area contributed by atoms with Gasteiger partial charge in [0.25, 0.3) is 5.69 Å². The van der Waals surface area contributed by atoms with E-state index in [0.717, 1.165) is 10.4 Å². The number of sulfonamides is 1. The Balaban J connectivity index is 1.88. The zero-order valence-corrected chi connectivity index (χ0v) is 15.3. The Kier molecular flexibility index (Phi) is 5.10. The normalized spacial score (nSPS) is 15.6. The Bertz CT molecular complexity index is 992. The van der Waals surface area contributed by atoms with E-state index in [1.807, 2.05) is 0 Å². The first-order valence-corrected chi connectivity index (χ1v) is 9.47. The van der Waals surface area contributed by atoms with Gasteiger partial charge in [-0.05, 0) is 18.2 Å². The first kappa shape index (κ1) is 18.8.